The first-order chi connectivity index (χ1) is 8.68. The average molecular weight is 314 g/mol. The van der Waals surface area contributed by atoms with Gasteiger partial charge >= 0.3 is 0 Å². The summed E-state index contributed by atoms with van der Waals surface area (Å²) in [5.41, 5.74) is 1.22. The SMILES string of the molecule is CC(C)CNCCCCOCc1cccc(Br)c1. The Kier molecular flexibility index (Phi) is 8.31. The highest BCUT2D eigenvalue weighted by molar-refractivity contribution is 9.10. The van der Waals surface area contributed by atoms with E-state index in [1.807, 2.05) is 12.1 Å². The molecule has 1 aromatic rings. The third kappa shape index (κ3) is 7.85. The smallest absolute Gasteiger partial charge is 0.0717 e. The Morgan fingerprint density at radius 2 is 2.11 bits per heavy atom. The lowest BCUT2D eigenvalue weighted by molar-refractivity contribution is 0.117. The van der Waals surface area contributed by atoms with Gasteiger partial charge in [-0.05, 0) is 49.5 Å². The first-order valence-electron chi connectivity index (χ1n) is 6.71. The normalized spacial score (nSPS) is 11.1. The molecule has 0 amide bonds. The highest BCUT2D eigenvalue weighted by Gasteiger charge is 1.95. The fourth-order valence-corrected chi connectivity index (χ4v) is 2.11. The molecular formula is C15H24BrNO. The van der Waals surface area contributed by atoms with Gasteiger partial charge in [0.2, 0.25) is 0 Å². The third-order valence-corrected chi connectivity index (χ3v) is 3.10. The Morgan fingerprint density at radius 1 is 1.28 bits per heavy atom. The summed E-state index contributed by atoms with van der Waals surface area (Å²) in [5.74, 6) is 0.734. The number of hydrogen-bond donors (Lipinski definition) is 1. The Balaban J connectivity index is 1.96. The lowest BCUT2D eigenvalue weighted by atomic mass is 10.2. The van der Waals surface area contributed by atoms with Crippen LogP contribution in [0, 0.1) is 5.92 Å². The summed E-state index contributed by atoms with van der Waals surface area (Å²) in [6.45, 7) is 8.22. The molecule has 0 unspecified atom stereocenters. The molecule has 0 fully saturated rings. The largest absolute Gasteiger partial charge is 0.377 e. The van der Waals surface area contributed by atoms with E-state index in [1.165, 1.54) is 12.0 Å². The van der Waals surface area contributed by atoms with E-state index in [0.717, 1.165) is 36.5 Å². The van der Waals surface area contributed by atoms with Crippen molar-refractivity contribution in [1.29, 1.82) is 0 Å². The van der Waals surface area contributed by atoms with Crippen LogP contribution < -0.4 is 5.32 Å². The number of nitrogens with one attached hydrogen (secondary N) is 1. The molecule has 102 valence electrons. The number of halogens is 1. The van der Waals surface area contributed by atoms with E-state index in [0.29, 0.717) is 6.61 Å². The highest BCUT2D eigenvalue weighted by atomic mass is 79.9. The van der Waals surface area contributed by atoms with Crippen molar-refractivity contribution in [3.63, 3.8) is 0 Å². The van der Waals surface area contributed by atoms with Gasteiger partial charge in [0.15, 0.2) is 0 Å². The summed E-state index contributed by atoms with van der Waals surface area (Å²) in [6.07, 6.45) is 2.31. The van der Waals surface area contributed by atoms with Crippen molar-refractivity contribution in [3.05, 3.63) is 34.3 Å². The number of hydrogen-bond acceptors (Lipinski definition) is 2. The van der Waals surface area contributed by atoms with Crippen molar-refractivity contribution in [2.24, 2.45) is 5.92 Å². The van der Waals surface area contributed by atoms with Crippen molar-refractivity contribution in [2.45, 2.75) is 33.3 Å². The van der Waals surface area contributed by atoms with Crippen LogP contribution in [0.25, 0.3) is 0 Å². The fourth-order valence-electron chi connectivity index (χ4n) is 1.66. The van der Waals surface area contributed by atoms with E-state index in [2.05, 4.69) is 47.2 Å². The molecule has 0 aliphatic heterocycles. The van der Waals surface area contributed by atoms with Crippen molar-refractivity contribution in [1.82, 2.24) is 5.32 Å². The predicted octanol–water partition coefficient (Wildman–Crippen LogP) is 3.99. The van der Waals surface area contributed by atoms with Gasteiger partial charge in [-0.25, -0.2) is 0 Å². The summed E-state index contributed by atoms with van der Waals surface area (Å²) in [4.78, 5) is 0. The van der Waals surface area contributed by atoms with Crippen molar-refractivity contribution >= 4 is 15.9 Å². The predicted molar refractivity (Wildman–Crippen MR) is 80.7 cm³/mol. The molecule has 3 heteroatoms. The molecular weight excluding hydrogens is 290 g/mol. The van der Waals surface area contributed by atoms with E-state index >= 15 is 0 Å². The number of rotatable bonds is 9. The van der Waals surface area contributed by atoms with Crippen LogP contribution in [-0.4, -0.2) is 19.7 Å². The highest BCUT2D eigenvalue weighted by Crippen LogP contribution is 2.12. The first kappa shape index (κ1) is 15.7. The monoisotopic (exact) mass is 313 g/mol. The minimum atomic E-state index is 0.707. The van der Waals surface area contributed by atoms with E-state index in [4.69, 9.17) is 4.74 Å². The van der Waals surface area contributed by atoms with Gasteiger partial charge in [-0.3, -0.25) is 0 Å². The average Bonchev–Trinajstić information content (AvgIpc) is 2.32. The lowest BCUT2D eigenvalue weighted by Gasteiger charge is -2.07. The lowest BCUT2D eigenvalue weighted by Crippen LogP contribution is -2.20. The molecule has 2 nitrogen and oxygen atoms in total. The molecule has 1 N–H and O–H groups in total. The van der Waals surface area contributed by atoms with E-state index in [1.54, 1.807) is 0 Å². The van der Waals surface area contributed by atoms with Crippen LogP contribution in [0.3, 0.4) is 0 Å². The van der Waals surface area contributed by atoms with Crippen molar-refractivity contribution in [2.75, 3.05) is 19.7 Å². The molecule has 0 aliphatic rings. The zero-order valence-corrected chi connectivity index (χ0v) is 13.0. The molecule has 1 aromatic carbocycles. The molecule has 0 radical (unpaired) electrons. The summed E-state index contributed by atoms with van der Waals surface area (Å²) in [6, 6.07) is 8.27. The molecule has 0 bridgehead atoms. The third-order valence-electron chi connectivity index (χ3n) is 2.60. The maximum Gasteiger partial charge on any atom is 0.0717 e. The molecule has 0 atom stereocenters. The number of benzene rings is 1. The molecule has 0 heterocycles. The van der Waals surface area contributed by atoms with Gasteiger partial charge in [0, 0.05) is 11.1 Å². The van der Waals surface area contributed by atoms with Gasteiger partial charge in [-0.15, -0.1) is 0 Å². The van der Waals surface area contributed by atoms with E-state index in [9.17, 15) is 0 Å². The standard InChI is InChI=1S/C15H24BrNO/c1-13(2)11-17-8-3-4-9-18-12-14-6-5-7-15(16)10-14/h5-7,10,13,17H,3-4,8-9,11-12H2,1-2H3. The van der Waals surface area contributed by atoms with E-state index < -0.39 is 0 Å². The Labute approximate surface area is 119 Å². The molecule has 1 rings (SSSR count). The van der Waals surface area contributed by atoms with Crippen LogP contribution in [0.5, 0.6) is 0 Å². The summed E-state index contributed by atoms with van der Waals surface area (Å²) >= 11 is 3.46. The van der Waals surface area contributed by atoms with Crippen LogP contribution in [-0.2, 0) is 11.3 Å². The molecule has 0 aromatic heterocycles. The minimum absolute atomic E-state index is 0.707. The van der Waals surface area contributed by atoms with Gasteiger partial charge in [0.1, 0.15) is 0 Å². The topological polar surface area (TPSA) is 21.3 Å². The van der Waals surface area contributed by atoms with Crippen molar-refractivity contribution < 1.29 is 4.74 Å². The second-order valence-corrected chi connectivity index (χ2v) is 5.90. The number of ether oxygens (including phenoxy) is 1. The van der Waals surface area contributed by atoms with Crippen molar-refractivity contribution in [3.8, 4) is 0 Å². The maximum atomic E-state index is 5.65. The molecule has 18 heavy (non-hydrogen) atoms. The van der Waals surface area contributed by atoms with Crippen LogP contribution in [0.2, 0.25) is 0 Å². The van der Waals surface area contributed by atoms with Crippen LogP contribution in [0.15, 0.2) is 28.7 Å². The quantitative estimate of drug-likeness (QED) is 0.696. The zero-order valence-electron chi connectivity index (χ0n) is 11.4. The number of unbranched alkanes of at least 4 members (excludes halogenated alkanes) is 1. The van der Waals surface area contributed by atoms with Crippen LogP contribution >= 0.6 is 15.9 Å². The summed E-state index contributed by atoms with van der Waals surface area (Å²) in [5, 5.41) is 3.44. The molecule has 0 saturated heterocycles. The Hall–Kier alpha value is -0.380. The van der Waals surface area contributed by atoms with Gasteiger partial charge in [-0.2, -0.15) is 0 Å². The molecule has 0 aliphatic carbocycles. The zero-order chi connectivity index (χ0) is 13.2. The first-order valence-corrected chi connectivity index (χ1v) is 7.50. The van der Waals surface area contributed by atoms with E-state index in [-0.39, 0.29) is 0 Å². The van der Waals surface area contributed by atoms with Gasteiger partial charge in [-0.1, -0.05) is 41.9 Å². The fraction of sp³-hybridized carbons (Fsp3) is 0.600. The second-order valence-electron chi connectivity index (χ2n) is 4.99. The van der Waals surface area contributed by atoms with Gasteiger partial charge in [0.25, 0.3) is 0 Å². The second kappa shape index (κ2) is 9.54. The van der Waals surface area contributed by atoms with Gasteiger partial charge < -0.3 is 10.1 Å². The maximum absolute atomic E-state index is 5.65. The summed E-state index contributed by atoms with van der Waals surface area (Å²) in [7, 11) is 0. The van der Waals surface area contributed by atoms with Crippen LogP contribution in [0.1, 0.15) is 32.3 Å². The minimum Gasteiger partial charge on any atom is -0.377 e. The summed E-state index contributed by atoms with van der Waals surface area (Å²) < 4.78 is 6.77. The molecule has 0 spiro atoms. The van der Waals surface area contributed by atoms with Crippen LogP contribution in [0.4, 0.5) is 0 Å². The van der Waals surface area contributed by atoms with Gasteiger partial charge in [0.05, 0.1) is 6.61 Å². The Morgan fingerprint density at radius 3 is 2.83 bits per heavy atom. The Bertz CT molecular complexity index is 328. The molecule has 0 saturated carbocycles.